The quantitative estimate of drug-likeness (QED) is 0.430. The lowest BCUT2D eigenvalue weighted by atomic mass is 10.1. The number of rotatable bonds is 6. The van der Waals surface area contributed by atoms with E-state index in [0.29, 0.717) is 11.4 Å². The van der Waals surface area contributed by atoms with Crippen LogP contribution in [0.3, 0.4) is 0 Å². The number of phenols is 1. The van der Waals surface area contributed by atoms with Crippen LogP contribution in [0.1, 0.15) is 28.4 Å². The summed E-state index contributed by atoms with van der Waals surface area (Å²) in [5.74, 6) is -1.26. The van der Waals surface area contributed by atoms with Crippen molar-refractivity contribution in [1.29, 1.82) is 0 Å². The van der Waals surface area contributed by atoms with Gasteiger partial charge in [-0.05, 0) is 54.4 Å². The molecule has 3 N–H and O–H groups in total. The molecule has 0 bridgehead atoms. The fourth-order valence-corrected chi connectivity index (χ4v) is 2.69. The molecule has 0 heterocycles. The van der Waals surface area contributed by atoms with E-state index >= 15 is 0 Å². The number of nitrogens with zero attached hydrogens (tertiary/aromatic N) is 1. The number of hydrazone groups is 1. The van der Waals surface area contributed by atoms with Crippen molar-refractivity contribution in [3.8, 4) is 5.75 Å². The van der Waals surface area contributed by atoms with Crippen LogP contribution in [0.5, 0.6) is 5.75 Å². The lowest BCUT2D eigenvalue weighted by Crippen LogP contribution is -2.21. The summed E-state index contributed by atoms with van der Waals surface area (Å²) in [6, 6.07) is 18.9. The first-order valence-corrected chi connectivity index (χ1v) is 9.20. The van der Waals surface area contributed by atoms with Crippen LogP contribution in [0.25, 0.3) is 0 Å². The van der Waals surface area contributed by atoms with Crippen molar-refractivity contribution in [1.82, 2.24) is 5.43 Å². The predicted octanol–water partition coefficient (Wildman–Crippen LogP) is 3.87. The zero-order valence-corrected chi connectivity index (χ0v) is 16.2. The molecule has 3 aromatic carbocycles. The van der Waals surface area contributed by atoms with E-state index in [-0.39, 0.29) is 23.6 Å². The van der Waals surface area contributed by atoms with Crippen molar-refractivity contribution in [2.45, 2.75) is 13.3 Å². The highest BCUT2D eigenvalue weighted by molar-refractivity contribution is 6.05. The largest absolute Gasteiger partial charge is 0.508 e. The maximum Gasteiger partial charge on any atom is 0.258 e. The fraction of sp³-hybridized carbons (Fsp3) is 0.0870. The van der Waals surface area contributed by atoms with E-state index in [0.717, 1.165) is 11.1 Å². The zero-order chi connectivity index (χ0) is 21.5. The summed E-state index contributed by atoms with van der Waals surface area (Å²) in [4.78, 5) is 24.2. The molecule has 6 nitrogen and oxygen atoms in total. The Bertz CT molecular complexity index is 1080. The third kappa shape index (κ3) is 5.51. The Hall–Kier alpha value is -4.00. The van der Waals surface area contributed by atoms with Gasteiger partial charge >= 0.3 is 0 Å². The van der Waals surface area contributed by atoms with Crippen molar-refractivity contribution in [3.05, 3.63) is 95.3 Å². The fourth-order valence-electron chi connectivity index (χ4n) is 2.69. The highest BCUT2D eigenvalue weighted by Crippen LogP contribution is 2.14. The van der Waals surface area contributed by atoms with E-state index in [1.165, 1.54) is 30.3 Å². The molecule has 0 saturated heterocycles. The first-order chi connectivity index (χ1) is 14.4. The van der Waals surface area contributed by atoms with Crippen LogP contribution < -0.4 is 10.7 Å². The first-order valence-electron chi connectivity index (χ1n) is 9.20. The molecular weight excluding hydrogens is 385 g/mol. The van der Waals surface area contributed by atoms with E-state index in [9.17, 15) is 19.1 Å². The smallest absolute Gasteiger partial charge is 0.258 e. The Balaban J connectivity index is 1.58. The molecule has 0 unspecified atom stereocenters. The predicted molar refractivity (Wildman–Crippen MR) is 113 cm³/mol. The van der Waals surface area contributed by atoms with Crippen LogP contribution in [-0.4, -0.2) is 22.6 Å². The highest BCUT2D eigenvalue weighted by atomic mass is 19.1. The average Bonchev–Trinajstić information content (AvgIpc) is 2.74. The molecule has 3 aromatic rings. The van der Waals surface area contributed by atoms with E-state index in [1.54, 1.807) is 49.4 Å². The maximum atomic E-state index is 13.7. The Kier molecular flexibility index (Phi) is 6.54. The van der Waals surface area contributed by atoms with Gasteiger partial charge < -0.3 is 10.4 Å². The Morgan fingerprint density at radius 1 is 0.967 bits per heavy atom. The van der Waals surface area contributed by atoms with E-state index in [4.69, 9.17) is 0 Å². The first kappa shape index (κ1) is 20.7. The second kappa shape index (κ2) is 9.47. The minimum atomic E-state index is -0.586. The summed E-state index contributed by atoms with van der Waals surface area (Å²) in [5, 5.41) is 16.0. The van der Waals surface area contributed by atoms with Gasteiger partial charge in [0, 0.05) is 5.69 Å². The van der Waals surface area contributed by atoms with Crippen molar-refractivity contribution < 1.29 is 19.1 Å². The summed E-state index contributed by atoms with van der Waals surface area (Å²) in [6.07, 6.45) is 0.137. The molecule has 152 valence electrons. The van der Waals surface area contributed by atoms with Crippen molar-refractivity contribution in [2.75, 3.05) is 5.32 Å². The van der Waals surface area contributed by atoms with Gasteiger partial charge in [0.1, 0.15) is 11.6 Å². The van der Waals surface area contributed by atoms with Gasteiger partial charge in [0.15, 0.2) is 0 Å². The lowest BCUT2D eigenvalue weighted by molar-refractivity contribution is -0.120. The number of carbonyl (C=O) groups excluding carboxylic acids is 2. The number of nitrogens with one attached hydrogen (secondary N) is 2. The van der Waals surface area contributed by atoms with E-state index in [2.05, 4.69) is 15.8 Å². The molecule has 0 aromatic heterocycles. The van der Waals surface area contributed by atoms with Crippen LogP contribution in [0.15, 0.2) is 77.9 Å². The van der Waals surface area contributed by atoms with Gasteiger partial charge in [0.2, 0.25) is 5.91 Å². The minimum Gasteiger partial charge on any atom is -0.508 e. The second-order valence-electron chi connectivity index (χ2n) is 6.59. The standard InChI is InChI=1S/C23H20FN3O3/c1-15(26-27-22(29)14-16-6-12-19(28)13-7-16)17-8-10-18(11-9-17)25-23(30)20-4-2-3-5-21(20)24/h2-13,28H,14H2,1H3,(H,25,30)(H,27,29). The highest BCUT2D eigenvalue weighted by Gasteiger charge is 2.11. The molecule has 0 aliphatic carbocycles. The molecule has 0 radical (unpaired) electrons. The molecule has 0 atom stereocenters. The molecule has 0 fully saturated rings. The van der Waals surface area contributed by atoms with Gasteiger partial charge in [0.05, 0.1) is 17.7 Å². The SMILES string of the molecule is CC(=NNC(=O)Cc1ccc(O)cc1)c1ccc(NC(=O)c2ccccc2F)cc1. The summed E-state index contributed by atoms with van der Waals surface area (Å²) < 4.78 is 13.7. The van der Waals surface area contributed by atoms with Crippen molar-refractivity contribution in [2.24, 2.45) is 5.10 Å². The van der Waals surface area contributed by atoms with Crippen molar-refractivity contribution in [3.63, 3.8) is 0 Å². The molecule has 0 aliphatic heterocycles. The Morgan fingerprint density at radius 2 is 1.63 bits per heavy atom. The monoisotopic (exact) mass is 405 g/mol. The molecule has 3 rings (SSSR count). The van der Waals surface area contributed by atoms with Crippen LogP contribution in [0, 0.1) is 5.82 Å². The Labute approximate surface area is 173 Å². The van der Waals surface area contributed by atoms with E-state index < -0.39 is 11.7 Å². The third-order valence-electron chi connectivity index (χ3n) is 4.33. The van der Waals surface area contributed by atoms with Gasteiger partial charge in [-0.2, -0.15) is 5.10 Å². The van der Waals surface area contributed by atoms with Crippen LogP contribution >= 0.6 is 0 Å². The topological polar surface area (TPSA) is 90.8 Å². The van der Waals surface area contributed by atoms with Gasteiger partial charge in [-0.3, -0.25) is 9.59 Å². The number of amides is 2. The number of anilines is 1. The summed E-state index contributed by atoms with van der Waals surface area (Å²) >= 11 is 0. The van der Waals surface area contributed by atoms with Gasteiger partial charge in [-0.15, -0.1) is 0 Å². The average molecular weight is 405 g/mol. The van der Waals surface area contributed by atoms with Crippen LogP contribution in [0.4, 0.5) is 10.1 Å². The van der Waals surface area contributed by atoms with Crippen molar-refractivity contribution >= 4 is 23.2 Å². The molecule has 30 heavy (non-hydrogen) atoms. The molecule has 0 saturated carbocycles. The summed E-state index contributed by atoms with van der Waals surface area (Å²) in [5.41, 5.74) is 5.07. The number of carbonyl (C=O) groups is 2. The zero-order valence-electron chi connectivity index (χ0n) is 16.2. The number of benzene rings is 3. The number of halogens is 1. The van der Waals surface area contributed by atoms with Crippen LogP contribution in [-0.2, 0) is 11.2 Å². The molecule has 7 heteroatoms. The normalized spacial score (nSPS) is 11.1. The van der Waals surface area contributed by atoms with E-state index in [1.807, 2.05) is 0 Å². The van der Waals surface area contributed by atoms with Crippen LogP contribution in [0.2, 0.25) is 0 Å². The lowest BCUT2D eigenvalue weighted by Gasteiger charge is -2.08. The minimum absolute atomic E-state index is 0.0318. The summed E-state index contributed by atoms with van der Waals surface area (Å²) in [7, 11) is 0. The number of aromatic hydroxyl groups is 1. The summed E-state index contributed by atoms with van der Waals surface area (Å²) in [6.45, 7) is 1.74. The second-order valence-corrected chi connectivity index (χ2v) is 6.59. The maximum absolute atomic E-state index is 13.7. The molecular formula is C23H20FN3O3. The number of hydrogen-bond donors (Lipinski definition) is 3. The number of phenolic OH excluding ortho intramolecular Hbond substituents is 1. The van der Waals surface area contributed by atoms with Gasteiger partial charge in [-0.25, -0.2) is 9.82 Å². The third-order valence-corrected chi connectivity index (χ3v) is 4.33. The van der Waals surface area contributed by atoms with Gasteiger partial charge in [-0.1, -0.05) is 36.4 Å². The molecule has 0 spiro atoms. The number of hydrogen-bond acceptors (Lipinski definition) is 4. The molecule has 0 aliphatic rings. The Morgan fingerprint density at radius 3 is 2.30 bits per heavy atom. The molecule has 2 amide bonds. The van der Waals surface area contributed by atoms with Gasteiger partial charge in [0.25, 0.3) is 5.91 Å².